The minimum absolute atomic E-state index is 0.0345. The Morgan fingerprint density at radius 2 is 1.95 bits per heavy atom. The average molecular weight is 602 g/mol. The van der Waals surface area contributed by atoms with Crippen LogP contribution in [0.2, 0.25) is 0 Å². The zero-order valence-electron chi connectivity index (χ0n) is 23.3. The molecule has 0 aromatic carbocycles. The van der Waals surface area contributed by atoms with Gasteiger partial charge in [0, 0.05) is 37.7 Å². The van der Waals surface area contributed by atoms with Gasteiger partial charge in [0.05, 0.1) is 35.2 Å². The molecule has 4 aromatic heterocycles. The highest BCUT2D eigenvalue weighted by molar-refractivity contribution is 7.13. The zero-order valence-corrected chi connectivity index (χ0v) is 24.1. The van der Waals surface area contributed by atoms with Gasteiger partial charge >= 0.3 is 6.18 Å². The average Bonchev–Trinajstić information content (AvgIpc) is 3.33. The molecule has 1 amide bonds. The molecule has 4 aromatic rings. The number of carbonyl (C=O) groups excluding carboxylic acids is 1. The zero-order chi connectivity index (χ0) is 29.6. The van der Waals surface area contributed by atoms with Gasteiger partial charge in [-0.25, -0.2) is 15.0 Å². The molecular formula is C27H30F3N9O2S. The molecule has 1 N–H and O–H groups in total. The number of aromatic nitrogens is 7. The number of anilines is 2. The first-order valence-corrected chi connectivity index (χ1v) is 14.5. The predicted molar refractivity (Wildman–Crippen MR) is 150 cm³/mol. The van der Waals surface area contributed by atoms with E-state index in [-0.39, 0.29) is 27.9 Å². The molecule has 1 atom stereocenters. The fourth-order valence-electron chi connectivity index (χ4n) is 4.95. The standard InChI is InChI=1S/C27H30F3N9O2S/c1-16(27(28,29)30)39-15-33-36-23(39)25-35-22(13-42-25)34-24(40)18-10-20(38-12-19(32-14-38)17-4-5-17)21(11-31-18)37-8-6-26(2,41-3)7-9-37/h10-17H,4-9H2,1-3H3,(H,34,40)/t16-/m0/s1. The molecule has 1 saturated heterocycles. The SMILES string of the molecule is COC1(C)CCN(c2cnc(C(=O)Nc3csc(-c4nncn4[C@@H](C)C(F)(F)F)n3)cc2-n2cnc(C3CC3)c2)CC1. The van der Waals surface area contributed by atoms with Crippen molar-refractivity contribution >= 4 is 28.7 Å². The predicted octanol–water partition coefficient (Wildman–Crippen LogP) is 5.24. The van der Waals surface area contributed by atoms with E-state index in [1.807, 2.05) is 10.8 Å². The van der Waals surface area contributed by atoms with Crippen LogP contribution in [0, 0.1) is 0 Å². The summed E-state index contributed by atoms with van der Waals surface area (Å²) in [4.78, 5) is 28.9. The second-order valence-electron chi connectivity index (χ2n) is 11.0. The number of ether oxygens (including phenoxy) is 1. The molecule has 2 aliphatic rings. The molecule has 15 heteroatoms. The summed E-state index contributed by atoms with van der Waals surface area (Å²) < 4.78 is 48.4. The van der Waals surface area contributed by atoms with Crippen molar-refractivity contribution < 1.29 is 22.7 Å². The normalized spacial score (nSPS) is 17.8. The molecule has 1 aliphatic carbocycles. The van der Waals surface area contributed by atoms with Gasteiger partial charge in [-0.3, -0.25) is 9.36 Å². The molecule has 5 heterocycles. The van der Waals surface area contributed by atoms with Gasteiger partial charge in [0.2, 0.25) is 0 Å². The summed E-state index contributed by atoms with van der Waals surface area (Å²) in [7, 11) is 1.74. The van der Waals surface area contributed by atoms with Crippen LogP contribution in [0.5, 0.6) is 0 Å². The summed E-state index contributed by atoms with van der Waals surface area (Å²) in [5, 5.41) is 11.9. The molecule has 42 heavy (non-hydrogen) atoms. The monoisotopic (exact) mass is 601 g/mol. The van der Waals surface area contributed by atoms with Crippen LogP contribution in [0.15, 0.2) is 36.5 Å². The Hall–Kier alpha value is -3.85. The fraction of sp³-hybridized carbons (Fsp3) is 0.481. The van der Waals surface area contributed by atoms with Gasteiger partial charge in [-0.05, 0) is 45.6 Å². The molecule has 11 nitrogen and oxygen atoms in total. The Bertz CT molecular complexity index is 1590. The number of amides is 1. The van der Waals surface area contributed by atoms with Crippen LogP contribution in [0.25, 0.3) is 16.5 Å². The van der Waals surface area contributed by atoms with Crippen LogP contribution in [-0.4, -0.2) is 72.2 Å². The third kappa shape index (κ3) is 5.62. The van der Waals surface area contributed by atoms with Crippen molar-refractivity contribution in [2.45, 2.75) is 63.3 Å². The number of piperidine rings is 1. The van der Waals surface area contributed by atoms with Crippen LogP contribution in [0.1, 0.15) is 67.7 Å². The smallest absolute Gasteiger partial charge is 0.378 e. The Morgan fingerprint density at radius 1 is 1.19 bits per heavy atom. The maximum absolute atomic E-state index is 13.3. The van der Waals surface area contributed by atoms with Crippen molar-refractivity contribution in [1.29, 1.82) is 0 Å². The number of thiazole rings is 1. The number of nitrogens with one attached hydrogen (secondary N) is 1. The first-order chi connectivity index (χ1) is 20.0. The van der Waals surface area contributed by atoms with E-state index >= 15 is 0 Å². The van der Waals surface area contributed by atoms with Crippen LogP contribution >= 0.6 is 11.3 Å². The number of imidazole rings is 1. The van der Waals surface area contributed by atoms with Crippen molar-refractivity contribution in [3.63, 3.8) is 0 Å². The maximum Gasteiger partial charge on any atom is 0.408 e. The number of nitrogens with zero attached hydrogens (tertiary/aromatic N) is 8. The van der Waals surface area contributed by atoms with Gasteiger partial charge in [0.15, 0.2) is 10.8 Å². The number of rotatable bonds is 8. The van der Waals surface area contributed by atoms with E-state index in [0.29, 0.717) is 5.92 Å². The van der Waals surface area contributed by atoms with Crippen molar-refractivity contribution in [3.05, 3.63) is 47.9 Å². The number of hydrogen-bond acceptors (Lipinski definition) is 9. The van der Waals surface area contributed by atoms with Crippen LogP contribution < -0.4 is 10.2 Å². The van der Waals surface area contributed by atoms with Gasteiger partial charge in [-0.2, -0.15) is 13.2 Å². The summed E-state index contributed by atoms with van der Waals surface area (Å²) in [6.45, 7) is 4.67. The van der Waals surface area contributed by atoms with E-state index in [4.69, 9.17) is 4.74 Å². The quantitative estimate of drug-likeness (QED) is 0.292. The molecule has 6 rings (SSSR count). The topological polar surface area (TPSA) is 116 Å². The second-order valence-corrected chi connectivity index (χ2v) is 11.8. The van der Waals surface area contributed by atoms with Crippen LogP contribution in [-0.2, 0) is 4.74 Å². The van der Waals surface area contributed by atoms with Crippen molar-refractivity contribution in [3.8, 4) is 16.5 Å². The van der Waals surface area contributed by atoms with Crippen molar-refractivity contribution in [2.24, 2.45) is 0 Å². The number of methoxy groups -OCH3 is 1. The molecule has 0 unspecified atom stereocenters. The highest BCUT2D eigenvalue weighted by Gasteiger charge is 2.39. The van der Waals surface area contributed by atoms with Crippen molar-refractivity contribution in [1.82, 2.24) is 34.3 Å². The molecule has 1 saturated carbocycles. The molecule has 222 valence electrons. The second kappa shape index (κ2) is 10.8. The van der Waals surface area contributed by atoms with Crippen molar-refractivity contribution in [2.75, 3.05) is 30.4 Å². The van der Waals surface area contributed by atoms with E-state index in [1.54, 1.807) is 25.7 Å². The van der Waals surface area contributed by atoms with Gasteiger partial charge < -0.3 is 19.5 Å². The Morgan fingerprint density at radius 3 is 2.64 bits per heavy atom. The molecule has 0 bridgehead atoms. The number of carbonyl (C=O) groups is 1. The Balaban J connectivity index is 1.25. The van der Waals surface area contributed by atoms with Gasteiger partial charge in [0.1, 0.15) is 23.9 Å². The molecule has 2 fully saturated rings. The third-order valence-electron chi connectivity index (χ3n) is 8.03. The first-order valence-electron chi connectivity index (χ1n) is 13.6. The largest absolute Gasteiger partial charge is 0.408 e. The van der Waals surface area contributed by atoms with E-state index in [9.17, 15) is 18.0 Å². The number of hydrogen-bond donors (Lipinski definition) is 1. The summed E-state index contributed by atoms with van der Waals surface area (Å²) in [5.41, 5.74) is 2.68. The highest BCUT2D eigenvalue weighted by Crippen LogP contribution is 2.40. The Labute approximate surface area is 243 Å². The van der Waals surface area contributed by atoms with E-state index in [2.05, 4.69) is 42.3 Å². The minimum Gasteiger partial charge on any atom is -0.378 e. The number of halogens is 3. The highest BCUT2D eigenvalue weighted by atomic mass is 32.1. The minimum atomic E-state index is -4.48. The lowest BCUT2D eigenvalue weighted by molar-refractivity contribution is -0.162. The number of alkyl halides is 3. The Kier molecular flexibility index (Phi) is 7.25. The van der Waals surface area contributed by atoms with Crippen LogP contribution in [0.3, 0.4) is 0 Å². The van der Waals surface area contributed by atoms with E-state index < -0.39 is 18.1 Å². The molecular weight excluding hydrogens is 571 g/mol. The first kappa shape index (κ1) is 28.3. The van der Waals surface area contributed by atoms with Gasteiger partial charge in [-0.1, -0.05) is 0 Å². The van der Waals surface area contributed by atoms with Gasteiger partial charge in [-0.15, -0.1) is 21.5 Å². The van der Waals surface area contributed by atoms with E-state index in [1.165, 1.54) is 5.38 Å². The summed E-state index contributed by atoms with van der Waals surface area (Å²) >= 11 is 1.05. The lowest BCUT2D eigenvalue weighted by Crippen LogP contribution is -2.44. The summed E-state index contributed by atoms with van der Waals surface area (Å²) in [5.74, 6) is 0.112. The van der Waals surface area contributed by atoms with Gasteiger partial charge in [0.25, 0.3) is 5.91 Å². The lowest BCUT2D eigenvalue weighted by Gasteiger charge is -2.40. The maximum atomic E-state index is 13.3. The molecule has 1 aliphatic heterocycles. The summed E-state index contributed by atoms with van der Waals surface area (Å²) in [6, 6.07) is -0.112. The van der Waals surface area contributed by atoms with Crippen LogP contribution in [0.4, 0.5) is 24.7 Å². The number of pyridine rings is 1. The summed E-state index contributed by atoms with van der Waals surface area (Å²) in [6.07, 6.45) is 5.95. The molecule has 0 spiro atoms. The van der Waals surface area contributed by atoms with E-state index in [0.717, 1.165) is 85.0 Å². The third-order valence-corrected chi connectivity index (χ3v) is 8.86. The molecule has 0 radical (unpaired) electrons. The fourth-order valence-corrected chi connectivity index (χ4v) is 5.69. The lowest BCUT2D eigenvalue weighted by atomic mass is 9.93.